The standard InChI is InChI=1S/C17H22N2O5S/c1-3-23-14-6-4-12(5-7-14)17-18-13(9-24-17)8-19(2)15-10-25(21,22)11-16(15)20/h4-7,9,15-16,20H,3,8,10-11H2,1-2H3/t15-,16-/m1/s1. The molecule has 2 heterocycles. The molecule has 1 saturated heterocycles. The Kier molecular flexibility index (Phi) is 5.12. The second-order valence-corrected chi connectivity index (χ2v) is 8.38. The highest BCUT2D eigenvalue weighted by atomic mass is 32.2. The van der Waals surface area contributed by atoms with Gasteiger partial charge in [0.25, 0.3) is 0 Å². The summed E-state index contributed by atoms with van der Waals surface area (Å²) in [6, 6.07) is 7.04. The Labute approximate surface area is 147 Å². The second kappa shape index (κ2) is 7.15. The first kappa shape index (κ1) is 17.9. The number of likely N-dealkylation sites (N-methyl/N-ethyl adjacent to an activating group) is 1. The highest BCUT2D eigenvalue weighted by Crippen LogP contribution is 2.23. The van der Waals surface area contributed by atoms with Gasteiger partial charge in [0.15, 0.2) is 9.84 Å². The number of aromatic nitrogens is 1. The lowest BCUT2D eigenvalue weighted by Gasteiger charge is -2.24. The number of sulfone groups is 1. The van der Waals surface area contributed by atoms with E-state index in [4.69, 9.17) is 9.15 Å². The minimum atomic E-state index is -3.18. The van der Waals surface area contributed by atoms with E-state index in [2.05, 4.69) is 4.98 Å². The van der Waals surface area contributed by atoms with E-state index in [9.17, 15) is 13.5 Å². The summed E-state index contributed by atoms with van der Waals surface area (Å²) in [5.74, 6) is 1.06. The van der Waals surface area contributed by atoms with Crippen molar-refractivity contribution in [3.05, 3.63) is 36.2 Å². The maximum Gasteiger partial charge on any atom is 0.226 e. The van der Waals surface area contributed by atoms with Gasteiger partial charge in [0.05, 0.1) is 36.0 Å². The number of benzene rings is 1. The second-order valence-electron chi connectivity index (χ2n) is 6.23. The topological polar surface area (TPSA) is 92.9 Å². The van der Waals surface area contributed by atoms with Crippen LogP contribution in [0.4, 0.5) is 0 Å². The number of aliphatic hydroxyl groups excluding tert-OH is 1. The molecule has 136 valence electrons. The van der Waals surface area contributed by atoms with Crippen LogP contribution < -0.4 is 4.74 Å². The lowest BCUT2D eigenvalue weighted by Crippen LogP contribution is -2.40. The quantitative estimate of drug-likeness (QED) is 0.824. The van der Waals surface area contributed by atoms with Crippen molar-refractivity contribution in [2.45, 2.75) is 25.6 Å². The van der Waals surface area contributed by atoms with Crippen LogP contribution in [0.3, 0.4) is 0 Å². The van der Waals surface area contributed by atoms with Crippen LogP contribution in [0.15, 0.2) is 34.9 Å². The van der Waals surface area contributed by atoms with Crippen molar-refractivity contribution < 1.29 is 22.7 Å². The van der Waals surface area contributed by atoms with Crippen LogP contribution in [0.25, 0.3) is 11.5 Å². The van der Waals surface area contributed by atoms with Crippen molar-refractivity contribution in [2.75, 3.05) is 25.2 Å². The molecule has 0 unspecified atom stereocenters. The summed E-state index contributed by atoms with van der Waals surface area (Å²) >= 11 is 0. The Hall–Kier alpha value is -1.90. The van der Waals surface area contributed by atoms with E-state index in [1.165, 1.54) is 0 Å². The molecule has 8 heteroatoms. The van der Waals surface area contributed by atoms with Gasteiger partial charge in [-0.2, -0.15) is 0 Å². The molecule has 0 aliphatic carbocycles. The van der Waals surface area contributed by atoms with Gasteiger partial charge in [0.2, 0.25) is 5.89 Å². The van der Waals surface area contributed by atoms with Gasteiger partial charge in [0.1, 0.15) is 12.0 Å². The van der Waals surface area contributed by atoms with E-state index in [1.807, 2.05) is 31.2 Å². The van der Waals surface area contributed by atoms with Gasteiger partial charge in [-0.05, 0) is 38.2 Å². The van der Waals surface area contributed by atoms with E-state index in [0.29, 0.717) is 24.7 Å². The van der Waals surface area contributed by atoms with Crippen LogP contribution in [0, 0.1) is 0 Å². The molecule has 1 aromatic heterocycles. The maximum absolute atomic E-state index is 11.6. The first-order chi connectivity index (χ1) is 11.9. The predicted molar refractivity (Wildman–Crippen MR) is 93.0 cm³/mol. The Morgan fingerprint density at radius 1 is 1.32 bits per heavy atom. The fourth-order valence-corrected chi connectivity index (χ4v) is 4.85. The van der Waals surface area contributed by atoms with Crippen LogP contribution in [-0.4, -0.2) is 60.7 Å². The van der Waals surface area contributed by atoms with Gasteiger partial charge in [0, 0.05) is 12.1 Å². The zero-order valence-electron chi connectivity index (χ0n) is 14.3. The lowest BCUT2D eigenvalue weighted by molar-refractivity contribution is 0.0950. The largest absolute Gasteiger partial charge is 0.494 e. The summed E-state index contributed by atoms with van der Waals surface area (Å²) in [6.45, 7) is 2.94. The normalized spacial score (nSPS) is 22.4. The molecule has 0 bridgehead atoms. The molecule has 7 nitrogen and oxygen atoms in total. The highest BCUT2D eigenvalue weighted by Gasteiger charge is 2.38. The molecule has 1 aliphatic rings. The Balaban J connectivity index is 1.67. The number of rotatable bonds is 6. The van der Waals surface area contributed by atoms with Crippen molar-refractivity contribution in [1.29, 1.82) is 0 Å². The van der Waals surface area contributed by atoms with Gasteiger partial charge in [-0.25, -0.2) is 13.4 Å². The molecule has 1 aliphatic heterocycles. The maximum atomic E-state index is 11.6. The summed E-state index contributed by atoms with van der Waals surface area (Å²) in [5.41, 5.74) is 1.52. The van der Waals surface area contributed by atoms with E-state index in [-0.39, 0.29) is 11.5 Å². The van der Waals surface area contributed by atoms with Crippen LogP contribution in [-0.2, 0) is 16.4 Å². The van der Waals surface area contributed by atoms with E-state index < -0.39 is 22.0 Å². The fraction of sp³-hybridized carbons (Fsp3) is 0.471. The van der Waals surface area contributed by atoms with Crippen LogP contribution in [0.2, 0.25) is 0 Å². The zero-order valence-corrected chi connectivity index (χ0v) is 15.1. The van der Waals surface area contributed by atoms with E-state index in [1.54, 1.807) is 18.2 Å². The number of hydrogen-bond acceptors (Lipinski definition) is 7. The minimum absolute atomic E-state index is 0.0335. The summed E-state index contributed by atoms with van der Waals surface area (Å²) in [7, 11) is -1.40. The third-order valence-electron chi connectivity index (χ3n) is 4.24. The van der Waals surface area contributed by atoms with Crippen LogP contribution in [0.1, 0.15) is 12.6 Å². The van der Waals surface area contributed by atoms with Gasteiger partial charge < -0.3 is 14.3 Å². The first-order valence-electron chi connectivity index (χ1n) is 8.14. The molecule has 2 atom stereocenters. The van der Waals surface area contributed by atoms with Gasteiger partial charge in [-0.3, -0.25) is 4.90 Å². The minimum Gasteiger partial charge on any atom is -0.494 e. The fourth-order valence-electron chi connectivity index (χ4n) is 2.98. The Bertz CT molecular complexity index is 816. The molecular formula is C17H22N2O5S. The Morgan fingerprint density at radius 3 is 2.64 bits per heavy atom. The van der Waals surface area contributed by atoms with Crippen LogP contribution in [0.5, 0.6) is 5.75 Å². The lowest BCUT2D eigenvalue weighted by atomic mass is 10.2. The number of aliphatic hydroxyl groups is 1. The number of oxazole rings is 1. The molecule has 0 radical (unpaired) electrons. The molecule has 2 aromatic rings. The first-order valence-corrected chi connectivity index (χ1v) is 9.96. The molecule has 0 amide bonds. The summed E-state index contributed by atoms with van der Waals surface area (Å²) in [4.78, 5) is 6.25. The number of hydrogen-bond donors (Lipinski definition) is 1. The van der Waals surface area contributed by atoms with Crippen molar-refractivity contribution in [3.63, 3.8) is 0 Å². The van der Waals surface area contributed by atoms with Crippen molar-refractivity contribution in [1.82, 2.24) is 9.88 Å². The van der Waals surface area contributed by atoms with Gasteiger partial charge >= 0.3 is 0 Å². The summed E-state index contributed by atoms with van der Waals surface area (Å²) in [5, 5.41) is 9.95. The highest BCUT2D eigenvalue weighted by molar-refractivity contribution is 7.91. The monoisotopic (exact) mass is 366 g/mol. The van der Waals surface area contributed by atoms with E-state index >= 15 is 0 Å². The summed E-state index contributed by atoms with van der Waals surface area (Å²) in [6.07, 6.45) is 0.686. The molecule has 0 saturated carbocycles. The molecule has 1 aromatic carbocycles. The molecule has 0 spiro atoms. The Morgan fingerprint density at radius 2 is 2.04 bits per heavy atom. The molecular weight excluding hydrogens is 344 g/mol. The average molecular weight is 366 g/mol. The number of ether oxygens (including phenoxy) is 1. The van der Waals surface area contributed by atoms with Crippen molar-refractivity contribution in [2.24, 2.45) is 0 Å². The van der Waals surface area contributed by atoms with Gasteiger partial charge in [-0.1, -0.05) is 0 Å². The molecule has 3 rings (SSSR count). The van der Waals surface area contributed by atoms with Gasteiger partial charge in [-0.15, -0.1) is 0 Å². The van der Waals surface area contributed by atoms with Crippen LogP contribution >= 0.6 is 0 Å². The molecule has 1 fully saturated rings. The van der Waals surface area contributed by atoms with E-state index in [0.717, 1.165) is 11.3 Å². The smallest absolute Gasteiger partial charge is 0.226 e. The SMILES string of the molecule is CCOc1ccc(-c2nc(CN(C)[C@@H]3CS(=O)(=O)C[C@H]3O)co2)cc1. The molecule has 1 N–H and O–H groups in total. The number of nitrogens with zero attached hydrogens (tertiary/aromatic N) is 2. The summed E-state index contributed by atoms with van der Waals surface area (Å²) < 4.78 is 34.2. The zero-order chi connectivity index (χ0) is 18.0. The predicted octanol–water partition coefficient (Wildman–Crippen LogP) is 1.33. The average Bonchev–Trinajstić information content (AvgIpc) is 3.12. The third kappa shape index (κ3) is 4.20. The molecule has 25 heavy (non-hydrogen) atoms. The van der Waals surface area contributed by atoms with Crippen molar-refractivity contribution >= 4 is 9.84 Å². The third-order valence-corrected chi connectivity index (χ3v) is 5.93. The van der Waals surface area contributed by atoms with Crippen molar-refractivity contribution in [3.8, 4) is 17.2 Å².